The minimum absolute atomic E-state index is 0.541. The second-order valence-corrected chi connectivity index (χ2v) is 2.76. The van der Waals surface area contributed by atoms with E-state index in [1.165, 1.54) is 0 Å². The van der Waals surface area contributed by atoms with Crippen LogP contribution in [0.1, 0.15) is 13.3 Å². The van der Waals surface area contributed by atoms with Crippen LogP contribution in [0.3, 0.4) is 0 Å². The second kappa shape index (κ2) is 5.39. The lowest BCUT2D eigenvalue weighted by molar-refractivity contribution is 1.03. The largest absolute Gasteiger partial charge is 0.353 e. The third-order valence-electron chi connectivity index (χ3n) is 1.33. The minimum atomic E-state index is 0.541. The first-order valence-corrected chi connectivity index (χ1v) is 4.32. The molecule has 4 heteroatoms. The predicted octanol–water partition coefficient (Wildman–Crippen LogP) is 1.96. The Morgan fingerprint density at radius 1 is 1.46 bits per heavy atom. The van der Waals surface area contributed by atoms with Crippen LogP contribution in [-0.2, 0) is 0 Å². The molecule has 0 aliphatic carbocycles. The summed E-state index contributed by atoms with van der Waals surface area (Å²) < 4.78 is 0. The Balaban J connectivity index is 2.36. The Morgan fingerprint density at radius 3 is 2.77 bits per heavy atom. The number of hydrogen-bond donors (Lipinski definition) is 1. The third-order valence-corrected chi connectivity index (χ3v) is 1.53. The number of rotatable bonds is 3. The number of anilines is 1. The zero-order valence-electron chi connectivity index (χ0n) is 7.34. The van der Waals surface area contributed by atoms with Crippen LogP contribution in [0.25, 0.3) is 0 Å². The van der Waals surface area contributed by atoms with Crippen molar-refractivity contribution in [2.24, 2.45) is 0 Å². The van der Waals surface area contributed by atoms with Crippen molar-refractivity contribution < 1.29 is 0 Å². The first-order chi connectivity index (χ1) is 6.33. The van der Waals surface area contributed by atoms with Gasteiger partial charge in [-0.1, -0.05) is 11.6 Å². The fourth-order valence-electron chi connectivity index (χ4n) is 0.765. The van der Waals surface area contributed by atoms with Crippen LogP contribution in [0.2, 0.25) is 5.02 Å². The van der Waals surface area contributed by atoms with Gasteiger partial charge < -0.3 is 5.32 Å². The molecule has 1 heterocycles. The van der Waals surface area contributed by atoms with Crippen LogP contribution in [0, 0.1) is 11.8 Å². The molecule has 0 aliphatic rings. The third kappa shape index (κ3) is 3.77. The van der Waals surface area contributed by atoms with Gasteiger partial charge in [0.05, 0.1) is 17.4 Å². The summed E-state index contributed by atoms with van der Waals surface area (Å²) in [4.78, 5) is 7.95. The van der Waals surface area contributed by atoms with Crippen molar-refractivity contribution in [2.75, 3.05) is 11.9 Å². The number of hydrogen-bond acceptors (Lipinski definition) is 3. The van der Waals surface area contributed by atoms with Gasteiger partial charge in [0, 0.05) is 13.0 Å². The molecule has 0 atom stereocenters. The van der Waals surface area contributed by atoms with E-state index in [-0.39, 0.29) is 0 Å². The van der Waals surface area contributed by atoms with E-state index in [1.807, 2.05) is 6.92 Å². The molecule has 13 heavy (non-hydrogen) atoms. The summed E-state index contributed by atoms with van der Waals surface area (Å²) in [6.07, 6.45) is 3.91. The number of nitrogens with zero attached hydrogens (tertiary/aromatic N) is 2. The van der Waals surface area contributed by atoms with E-state index < -0.39 is 0 Å². The van der Waals surface area contributed by atoms with E-state index >= 15 is 0 Å². The van der Waals surface area contributed by atoms with Crippen LogP contribution in [0.5, 0.6) is 0 Å². The highest BCUT2D eigenvalue weighted by Crippen LogP contribution is 2.04. The van der Waals surface area contributed by atoms with Crippen molar-refractivity contribution in [1.29, 1.82) is 0 Å². The van der Waals surface area contributed by atoms with E-state index in [4.69, 9.17) is 11.6 Å². The van der Waals surface area contributed by atoms with Crippen LogP contribution in [0.15, 0.2) is 12.4 Å². The van der Waals surface area contributed by atoms with Crippen LogP contribution in [-0.4, -0.2) is 16.5 Å². The standard InChI is InChI=1S/C9H10ClN3/c1-2-3-4-5-11-9-12-6-8(10)7-13-9/h6-7H,4-5H2,1H3,(H,11,12,13). The van der Waals surface area contributed by atoms with Gasteiger partial charge in [0.15, 0.2) is 0 Å². The molecular formula is C9H10ClN3. The fourth-order valence-corrected chi connectivity index (χ4v) is 0.863. The summed E-state index contributed by atoms with van der Waals surface area (Å²) in [5.74, 6) is 6.33. The molecule has 0 aliphatic heterocycles. The maximum Gasteiger partial charge on any atom is 0.222 e. The summed E-state index contributed by atoms with van der Waals surface area (Å²) in [6.45, 7) is 2.57. The maximum absolute atomic E-state index is 5.62. The monoisotopic (exact) mass is 195 g/mol. The summed E-state index contributed by atoms with van der Waals surface area (Å²) in [5, 5.41) is 3.56. The molecule has 0 amide bonds. The van der Waals surface area contributed by atoms with Gasteiger partial charge in [0.25, 0.3) is 0 Å². The van der Waals surface area contributed by atoms with E-state index in [0.717, 1.165) is 13.0 Å². The lowest BCUT2D eigenvalue weighted by atomic mass is 10.4. The predicted molar refractivity (Wildman–Crippen MR) is 53.6 cm³/mol. The zero-order valence-corrected chi connectivity index (χ0v) is 8.10. The molecule has 0 spiro atoms. The lowest BCUT2D eigenvalue weighted by Gasteiger charge is -2.00. The summed E-state index contributed by atoms with van der Waals surface area (Å²) >= 11 is 5.62. The van der Waals surface area contributed by atoms with Crippen LogP contribution >= 0.6 is 11.6 Å². The van der Waals surface area contributed by atoms with E-state index in [2.05, 4.69) is 27.1 Å². The summed E-state index contributed by atoms with van der Waals surface area (Å²) in [7, 11) is 0. The average Bonchev–Trinajstić information content (AvgIpc) is 2.15. The Bertz CT molecular complexity index is 310. The highest BCUT2D eigenvalue weighted by molar-refractivity contribution is 6.30. The molecule has 0 unspecified atom stereocenters. The van der Waals surface area contributed by atoms with Gasteiger partial charge in [0.2, 0.25) is 5.95 Å². The highest BCUT2D eigenvalue weighted by Gasteiger charge is 1.92. The SMILES string of the molecule is CC#CCCNc1ncc(Cl)cn1. The fraction of sp³-hybridized carbons (Fsp3) is 0.333. The van der Waals surface area contributed by atoms with Crippen molar-refractivity contribution in [3.8, 4) is 11.8 Å². The Hall–Kier alpha value is -1.27. The quantitative estimate of drug-likeness (QED) is 0.592. The molecule has 1 rings (SSSR count). The van der Waals surface area contributed by atoms with Crippen LogP contribution < -0.4 is 5.32 Å². The van der Waals surface area contributed by atoms with Crippen molar-refractivity contribution in [1.82, 2.24) is 9.97 Å². The highest BCUT2D eigenvalue weighted by atomic mass is 35.5. The van der Waals surface area contributed by atoms with Gasteiger partial charge in [-0.2, -0.15) is 0 Å². The molecule has 0 aromatic carbocycles. The van der Waals surface area contributed by atoms with Gasteiger partial charge in [-0.05, 0) is 6.92 Å². The minimum Gasteiger partial charge on any atom is -0.353 e. The molecule has 3 nitrogen and oxygen atoms in total. The Kier molecular flexibility index (Phi) is 4.07. The molecule has 0 saturated carbocycles. The van der Waals surface area contributed by atoms with Crippen molar-refractivity contribution in [2.45, 2.75) is 13.3 Å². The smallest absolute Gasteiger partial charge is 0.222 e. The normalized spacial score (nSPS) is 8.77. The molecule has 0 saturated heterocycles. The van der Waals surface area contributed by atoms with E-state index in [1.54, 1.807) is 12.4 Å². The topological polar surface area (TPSA) is 37.8 Å². The van der Waals surface area contributed by atoms with Crippen molar-refractivity contribution in [3.05, 3.63) is 17.4 Å². The summed E-state index contributed by atoms with van der Waals surface area (Å²) in [6, 6.07) is 0. The lowest BCUT2D eigenvalue weighted by Crippen LogP contribution is -2.03. The van der Waals surface area contributed by atoms with Gasteiger partial charge in [0.1, 0.15) is 0 Å². The molecule has 0 bridgehead atoms. The first kappa shape index (κ1) is 9.82. The average molecular weight is 196 g/mol. The molecule has 0 radical (unpaired) electrons. The van der Waals surface area contributed by atoms with Gasteiger partial charge in [-0.25, -0.2) is 9.97 Å². The van der Waals surface area contributed by atoms with Gasteiger partial charge in [-0.15, -0.1) is 11.8 Å². The number of halogens is 1. The zero-order chi connectivity index (χ0) is 9.52. The van der Waals surface area contributed by atoms with Crippen LogP contribution in [0.4, 0.5) is 5.95 Å². The second-order valence-electron chi connectivity index (χ2n) is 2.33. The van der Waals surface area contributed by atoms with Gasteiger partial charge in [-0.3, -0.25) is 0 Å². The molecule has 1 aromatic rings. The maximum atomic E-state index is 5.62. The molecular weight excluding hydrogens is 186 g/mol. The summed E-state index contributed by atoms with van der Waals surface area (Å²) in [5.41, 5.74) is 0. The molecule has 0 fully saturated rings. The Morgan fingerprint density at radius 2 is 2.15 bits per heavy atom. The molecule has 68 valence electrons. The van der Waals surface area contributed by atoms with Crippen molar-refractivity contribution in [3.63, 3.8) is 0 Å². The first-order valence-electron chi connectivity index (χ1n) is 3.94. The molecule has 1 aromatic heterocycles. The van der Waals surface area contributed by atoms with E-state index in [0.29, 0.717) is 11.0 Å². The van der Waals surface area contributed by atoms with Gasteiger partial charge >= 0.3 is 0 Å². The van der Waals surface area contributed by atoms with Crippen molar-refractivity contribution >= 4 is 17.5 Å². The number of nitrogens with one attached hydrogen (secondary N) is 1. The number of aromatic nitrogens is 2. The van der Waals surface area contributed by atoms with E-state index in [9.17, 15) is 0 Å². The Labute approximate surface area is 82.5 Å². The molecule has 1 N–H and O–H groups in total.